The Hall–Kier alpha value is -1.40. The minimum atomic E-state index is -2.39. The molecule has 0 fully saturated rings. The van der Waals surface area contributed by atoms with E-state index in [0.29, 0.717) is 12.3 Å². The molecule has 0 saturated carbocycles. The zero-order valence-corrected chi connectivity index (χ0v) is 12.7. The Morgan fingerprint density at radius 3 is 2.37 bits per heavy atom. The van der Waals surface area contributed by atoms with E-state index < -0.39 is 7.29 Å². The number of hydrogen-bond donors (Lipinski definition) is 0. The van der Waals surface area contributed by atoms with Crippen molar-refractivity contribution in [3.8, 4) is 0 Å². The van der Waals surface area contributed by atoms with Crippen molar-refractivity contribution in [3.05, 3.63) is 48.0 Å². The first-order valence-corrected chi connectivity index (χ1v) is 8.75. The number of nitrogens with zero attached hydrogens (tertiary/aromatic N) is 1. The van der Waals surface area contributed by atoms with Gasteiger partial charge in [-0.25, -0.2) is 4.76 Å². The minimum absolute atomic E-state index is 0.631. The van der Waals surface area contributed by atoms with Gasteiger partial charge in [0.1, 0.15) is 0 Å². The highest BCUT2D eigenvalue weighted by Gasteiger charge is 2.16. The lowest BCUT2D eigenvalue weighted by atomic mass is 10.0. The van der Waals surface area contributed by atoms with Crippen molar-refractivity contribution < 1.29 is 4.57 Å². The van der Waals surface area contributed by atoms with E-state index in [9.17, 15) is 4.57 Å². The first-order chi connectivity index (χ1) is 9.09. The van der Waals surface area contributed by atoms with Gasteiger partial charge in [0.15, 0.2) is 7.29 Å². The summed E-state index contributed by atoms with van der Waals surface area (Å²) in [6.45, 7) is 5.86. The lowest BCUT2D eigenvalue weighted by Crippen LogP contribution is -1.98. The fourth-order valence-corrected chi connectivity index (χ4v) is 3.62. The van der Waals surface area contributed by atoms with Crippen LogP contribution in [0.1, 0.15) is 26.3 Å². The number of hydrogen-bond acceptors (Lipinski definition) is 1. The molecular formula is C16H20NOP. The Bertz CT molecular complexity index is 647. The van der Waals surface area contributed by atoms with Gasteiger partial charge in [-0.3, -0.25) is 4.57 Å². The van der Waals surface area contributed by atoms with Crippen LogP contribution in [0.2, 0.25) is 0 Å². The maximum atomic E-state index is 12.5. The molecule has 0 aliphatic carbocycles. The Labute approximate surface area is 115 Å². The lowest BCUT2D eigenvalue weighted by Gasteiger charge is -2.12. The highest BCUT2D eigenvalue weighted by atomic mass is 31.2. The van der Waals surface area contributed by atoms with Crippen LogP contribution in [-0.2, 0) is 4.57 Å². The molecule has 0 spiro atoms. The van der Waals surface area contributed by atoms with Gasteiger partial charge < -0.3 is 0 Å². The second-order valence-corrected chi connectivity index (χ2v) is 7.85. The zero-order valence-electron chi connectivity index (χ0n) is 11.8. The van der Waals surface area contributed by atoms with Crippen LogP contribution < -0.4 is 0 Å². The van der Waals surface area contributed by atoms with Crippen LogP contribution in [0.15, 0.2) is 47.2 Å². The van der Waals surface area contributed by atoms with Crippen LogP contribution in [0.25, 0.3) is 10.8 Å². The smallest absolute Gasteiger partial charge is 0.189 e. The van der Waals surface area contributed by atoms with Gasteiger partial charge in [-0.1, -0.05) is 56.3 Å². The average Bonchev–Trinajstić information content (AvgIpc) is 2.46. The second kappa shape index (κ2) is 5.71. The van der Waals surface area contributed by atoms with Gasteiger partial charge in [0.2, 0.25) is 0 Å². The summed E-state index contributed by atoms with van der Waals surface area (Å²) in [4.78, 5) is 0. The van der Waals surface area contributed by atoms with E-state index in [1.54, 1.807) is 0 Å². The molecule has 2 aromatic rings. The fraction of sp³-hybridized carbons (Fsp3) is 0.312. The molecule has 2 aromatic carbocycles. The van der Waals surface area contributed by atoms with Crippen molar-refractivity contribution in [1.82, 2.24) is 0 Å². The summed E-state index contributed by atoms with van der Waals surface area (Å²) in [7, 11) is -2.39. The molecule has 19 heavy (non-hydrogen) atoms. The maximum absolute atomic E-state index is 12.5. The van der Waals surface area contributed by atoms with Crippen molar-refractivity contribution in [3.63, 3.8) is 0 Å². The normalized spacial score (nSPS) is 12.9. The topological polar surface area (TPSA) is 29.4 Å². The molecule has 3 heteroatoms. The summed E-state index contributed by atoms with van der Waals surface area (Å²) in [5.74, 6) is 0. The SMILES string of the molecule is CCP(=O)(CC)/N=C(\C)c1cccc2ccccc12. The first kappa shape index (κ1) is 14.0. The molecule has 0 amide bonds. The van der Waals surface area contributed by atoms with Crippen LogP contribution in [0.4, 0.5) is 0 Å². The predicted molar refractivity (Wildman–Crippen MR) is 84.8 cm³/mol. The maximum Gasteiger partial charge on any atom is 0.189 e. The highest BCUT2D eigenvalue weighted by Crippen LogP contribution is 2.46. The molecule has 100 valence electrons. The van der Waals surface area contributed by atoms with Crippen molar-refractivity contribution in [2.24, 2.45) is 4.76 Å². The quantitative estimate of drug-likeness (QED) is 0.571. The van der Waals surface area contributed by atoms with Crippen LogP contribution in [0.5, 0.6) is 0 Å². The highest BCUT2D eigenvalue weighted by molar-refractivity contribution is 7.62. The summed E-state index contributed by atoms with van der Waals surface area (Å²) in [5.41, 5.74) is 1.96. The molecule has 0 N–H and O–H groups in total. The van der Waals surface area contributed by atoms with Gasteiger partial charge in [-0.2, -0.15) is 0 Å². The third kappa shape index (κ3) is 2.96. The number of fused-ring (bicyclic) bond motifs is 1. The molecule has 0 atom stereocenters. The van der Waals surface area contributed by atoms with Crippen LogP contribution in [0, 0.1) is 0 Å². The van der Waals surface area contributed by atoms with Crippen molar-refractivity contribution in [2.75, 3.05) is 12.3 Å². The monoisotopic (exact) mass is 273 g/mol. The Morgan fingerprint density at radius 1 is 1.05 bits per heavy atom. The summed E-state index contributed by atoms with van der Waals surface area (Å²) in [5, 5.41) is 2.36. The molecule has 2 nitrogen and oxygen atoms in total. The van der Waals surface area contributed by atoms with Crippen molar-refractivity contribution in [1.29, 1.82) is 0 Å². The average molecular weight is 273 g/mol. The van der Waals surface area contributed by atoms with E-state index in [4.69, 9.17) is 0 Å². The van der Waals surface area contributed by atoms with E-state index in [-0.39, 0.29) is 0 Å². The second-order valence-electron chi connectivity index (χ2n) is 4.69. The molecule has 0 aliphatic heterocycles. The molecule has 0 radical (unpaired) electrons. The lowest BCUT2D eigenvalue weighted by molar-refractivity contribution is 0.577. The molecule has 0 unspecified atom stereocenters. The van der Waals surface area contributed by atoms with Gasteiger partial charge >= 0.3 is 0 Å². The van der Waals surface area contributed by atoms with Crippen LogP contribution >= 0.6 is 7.29 Å². The predicted octanol–water partition coefficient (Wildman–Crippen LogP) is 4.97. The van der Waals surface area contributed by atoms with Gasteiger partial charge in [-0.15, -0.1) is 0 Å². The van der Waals surface area contributed by atoms with E-state index >= 15 is 0 Å². The standard InChI is InChI=1S/C16H20NOP/c1-4-19(18,5-2)17-13(3)15-12-8-10-14-9-6-7-11-16(14)15/h6-12H,4-5H2,1-3H3/b17-13+. The van der Waals surface area contributed by atoms with E-state index in [1.807, 2.05) is 39.0 Å². The minimum Gasteiger partial charge on any atom is -0.299 e. The molecule has 0 bridgehead atoms. The van der Waals surface area contributed by atoms with E-state index in [2.05, 4.69) is 29.0 Å². The zero-order chi connectivity index (χ0) is 13.9. The van der Waals surface area contributed by atoms with Crippen LogP contribution in [-0.4, -0.2) is 18.0 Å². The fourth-order valence-electron chi connectivity index (χ4n) is 2.23. The first-order valence-electron chi connectivity index (χ1n) is 6.72. The summed E-state index contributed by atoms with van der Waals surface area (Å²) < 4.78 is 17.0. The van der Waals surface area contributed by atoms with Gasteiger partial charge in [0.25, 0.3) is 0 Å². The van der Waals surface area contributed by atoms with Crippen molar-refractivity contribution in [2.45, 2.75) is 20.8 Å². The Morgan fingerprint density at radius 2 is 1.68 bits per heavy atom. The molecular weight excluding hydrogens is 253 g/mol. The third-order valence-electron chi connectivity index (χ3n) is 3.50. The summed E-state index contributed by atoms with van der Waals surface area (Å²) >= 11 is 0. The van der Waals surface area contributed by atoms with Crippen LogP contribution in [0.3, 0.4) is 0 Å². The molecule has 0 heterocycles. The number of rotatable bonds is 4. The molecule has 2 rings (SSSR count). The summed E-state index contributed by atoms with van der Waals surface area (Å²) in [6.07, 6.45) is 1.26. The molecule has 0 aliphatic rings. The Balaban J connectivity index is 2.56. The van der Waals surface area contributed by atoms with Gasteiger partial charge in [0, 0.05) is 23.6 Å². The van der Waals surface area contributed by atoms with Gasteiger partial charge in [-0.05, 0) is 17.7 Å². The number of benzene rings is 2. The third-order valence-corrected chi connectivity index (χ3v) is 6.14. The summed E-state index contributed by atoms with van der Waals surface area (Å²) in [6, 6.07) is 14.4. The largest absolute Gasteiger partial charge is 0.299 e. The molecule has 0 saturated heterocycles. The van der Waals surface area contributed by atoms with Crippen molar-refractivity contribution >= 4 is 23.8 Å². The van der Waals surface area contributed by atoms with E-state index in [0.717, 1.165) is 11.3 Å². The van der Waals surface area contributed by atoms with Gasteiger partial charge in [0.05, 0.1) is 0 Å². The van der Waals surface area contributed by atoms with E-state index in [1.165, 1.54) is 10.8 Å². The Kier molecular flexibility index (Phi) is 4.21. The molecule has 0 aromatic heterocycles.